The Bertz CT molecular complexity index is 1020. The number of thiophene rings is 1. The number of carbonyl (C=O) groups excluding carboxylic acids is 3. The molecule has 8 nitrogen and oxygen atoms in total. The molecule has 1 atom stereocenters. The molecule has 1 aromatic carbocycles. The van der Waals surface area contributed by atoms with Crippen molar-refractivity contribution in [3.8, 4) is 0 Å². The maximum atomic E-state index is 14.9. The minimum absolute atomic E-state index is 0.00759. The zero-order valence-corrected chi connectivity index (χ0v) is 20.7. The van der Waals surface area contributed by atoms with Crippen LogP contribution >= 0.6 is 11.3 Å². The van der Waals surface area contributed by atoms with Gasteiger partial charge in [0.15, 0.2) is 0 Å². The molecule has 10 heteroatoms. The predicted octanol–water partition coefficient (Wildman–Crippen LogP) is 2.97. The van der Waals surface area contributed by atoms with Crippen molar-refractivity contribution in [1.29, 1.82) is 0 Å². The number of morpholine rings is 1. The maximum Gasteiger partial charge on any atom is 0.261 e. The first-order chi connectivity index (χ1) is 16.0. The normalized spacial score (nSPS) is 15.4. The van der Waals surface area contributed by atoms with Crippen molar-refractivity contribution in [2.45, 2.75) is 26.8 Å². The van der Waals surface area contributed by atoms with Gasteiger partial charge in [-0.1, -0.05) is 26.8 Å². The van der Waals surface area contributed by atoms with Crippen molar-refractivity contribution in [2.75, 3.05) is 50.1 Å². The fourth-order valence-electron chi connectivity index (χ4n) is 3.77. The average Bonchev–Trinajstić information content (AvgIpc) is 3.29. The van der Waals surface area contributed by atoms with E-state index >= 15 is 0 Å². The maximum absolute atomic E-state index is 14.9. The Morgan fingerprint density at radius 3 is 2.68 bits per heavy atom. The van der Waals surface area contributed by atoms with Crippen LogP contribution in [-0.2, 0) is 14.3 Å². The number of benzene rings is 1. The van der Waals surface area contributed by atoms with Gasteiger partial charge in [-0.15, -0.1) is 11.3 Å². The molecule has 0 bridgehead atoms. The number of hydrogen-bond acceptors (Lipinski definition) is 6. The van der Waals surface area contributed by atoms with Gasteiger partial charge in [-0.2, -0.15) is 0 Å². The van der Waals surface area contributed by atoms with Crippen LogP contribution in [0.3, 0.4) is 0 Å². The minimum atomic E-state index is -0.719. The quantitative estimate of drug-likeness (QED) is 0.594. The average molecular weight is 491 g/mol. The highest BCUT2D eigenvalue weighted by Gasteiger charge is 2.28. The van der Waals surface area contributed by atoms with Crippen LogP contribution in [0.2, 0.25) is 0 Å². The third-order valence-corrected chi connectivity index (χ3v) is 6.14. The summed E-state index contributed by atoms with van der Waals surface area (Å²) in [5.41, 5.74) is 0.324. The summed E-state index contributed by atoms with van der Waals surface area (Å²) < 4.78 is 20.0. The van der Waals surface area contributed by atoms with E-state index in [-0.39, 0.29) is 36.1 Å². The van der Waals surface area contributed by atoms with Crippen LogP contribution in [0.5, 0.6) is 0 Å². The number of ether oxygens (including phenoxy) is 1. The zero-order chi connectivity index (χ0) is 24.9. The number of nitrogens with one attached hydrogen (secondary N) is 2. The Morgan fingerprint density at radius 1 is 1.29 bits per heavy atom. The van der Waals surface area contributed by atoms with Gasteiger partial charge in [0, 0.05) is 25.3 Å². The molecule has 1 aliphatic heterocycles. The van der Waals surface area contributed by atoms with E-state index in [9.17, 15) is 18.8 Å². The highest BCUT2D eigenvalue weighted by molar-refractivity contribution is 7.12. The molecule has 1 aliphatic rings. The van der Waals surface area contributed by atoms with Crippen molar-refractivity contribution in [1.82, 2.24) is 10.2 Å². The summed E-state index contributed by atoms with van der Waals surface area (Å²) in [6.45, 7) is 7.48. The second kappa shape index (κ2) is 11.1. The summed E-state index contributed by atoms with van der Waals surface area (Å²) in [4.78, 5) is 41.5. The summed E-state index contributed by atoms with van der Waals surface area (Å²) in [6, 6.07) is 7.04. The molecule has 0 aliphatic carbocycles. The lowest BCUT2D eigenvalue weighted by atomic mass is 9.95. The molecule has 3 rings (SSSR count). The van der Waals surface area contributed by atoms with Gasteiger partial charge >= 0.3 is 0 Å². The number of likely N-dealkylation sites (N-methyl/N-ethyl adjacent to an activating group) is 1. The molecular formula is C24H31FN4O4S. The van der Waals surface area contributed by atoms with Crippen LogP contribution in [0.4, 0.5) is 15.8 Å². The van der Waals surface area contributed by atoms with E-state index in [1.54, 1.807) is 25.2 Å². The second-order valence-corrected chi connectivity index (χ2v) is 10.4. The summed E-state index contributed by atoms with van der Waals surface area (Å²) in [6.07, 6.45) is 0. The first-order valence-corrected chi connectivity index (χ1v) is 11.9. The third kappa shape index (κ3) is 6.85. The molecular weight excluding hydrogens is 459 g/mol. The van der Waals surface area contributed by atoms with Gasteiger partial charge in [0.2, 0.25) is 5.91 Å². The van der Waals surface area contributed by atoms with E-state index in [1.807, 2.05) is 31.1 Å². The van der Waals surface area contributed by atoms with Gasteiger partial charge in [-0.05, 0) is 42.1 Å². The summed E-state index contributed by atoms with van der Waals surface area (Å²) in [7, 11) is 1.80. The monoisotopic (exact) mass is 490 g/mol. The molecule has 34 heavy (non-hydrogen) atoms. The Kier molecular flexibility index (Phi) is 8.40. The molecule has 2 aromatic rings. The molecule has 2 heterocycles. The molecule has 184 valence electrons. The van der Waals surface area contributed by atoms with Crippen LogP contribution < -0.4 is 15.5 Å². The Hall–Kier alpha value is -2.82. The van der Waals surface area contributed by atoms with Crippen molar-refractivity contribution in [3.05, 3.63) is 46.4 Å². The van der Waals surface area contributed by atoms with Gasteiger partial charge in [0.25, 0.3) is 11.8 Å². The van der Waals surface area contributed by atoms with E-state index in [0.717, 1.165) is 0 Å². The van der Waals surface area contributed by atoms with Crippen LogP contribution in [0.1, 0.15) is 30.4 Å². The molecule has 1 saturated heterocycles. The highest BCUT2D eigenvalue weighted by atomic mass is 32.1. The van der Waals surface area contributed by atoms with E-state index in [2.05, 4.69) is 10.6 Å². The number of amides is 3. The summed E-state index contributed by atoms with van der Waals surface area (Å²) >= 11 is 1.32. The topological polar surface area (TPSA) is 91.0 Å². The number of hydrogen-bond donors (Lipinski definition) is 2. The Balaban J connectivity index is 1.73. The van der Waals surface area contributed by atoms with Gasteiger partial charge in [-0.25, -0.2) is 4.39 Å². The van der Waals surface area contributed by atoms with Crippen molar-refractivity contribution in [3.63, 3.8) is 0 Å². The van der Waals surface area contributed by atoms with Gasteiger partial charge in [0.05, 0.1) is 17.2 Å². The first-order valence-electron chi connectivity index (χ1n) is 11.1. The lowest BCUT2D eigenvalue weighted by molar-refractivity contribution is -0.125. The van der Waals surface area contributed by atoms with Gasteiger partial charge < -0.3 is 20.3 Å². The lowest BCUT2D eigenvalue weighted by Gasteiger charge is -2.32. The second-order valence-electron chi connectivity index (χ2n) is 9.43. The standard InChI is InChI=1S/C24H31FN4O4S/c1-24(2,3)15-28(4)19(13-26-23(32)20-6-5-11-34-20)22(31)27-18-8-7-16(12-17(18)25)29-9-10-33-14-21(29)30/h5-8,11-12,19H,9-10,13-15H2,1-4H3,(H,26,32)(H,27,31)/t19-/m0/s1. The van der Waals surface area contributed by atoms with Crippen LogP contribution in [-0.4, -0.2) is 68.6 Å². The van der Waals surface area contributed by atoms with Crippen LogP contribution in [0.25, 0.3) is 0 Å². The number of rotatable bonds is 8. The number of anilines is 2. The first kappa shape index (κ1) is 25.8. The van der Waals surface area contributed by atoms with Crippen LogP contribution in [0, 0.1) is 11.2 Å². The molecule has 2 N–H and O–H groups in total. The van der Waals surface area contributed by atoms with E-state index < -0.39 is 17.8 Å². The van der Waals surface area contributed by atoms with Gasteiger partial charge in [-0.3, -0.25) is 19.3 Å². The van der Waals surface area contributed by atoms with Crippen molar-refractivity contribution in [2.24, 2.45) is 5.41 Å². The Labute approximate surface area is 203 Å². The predicted molar refractivity (Wildman–Crippen MR) is 131 cm³/mol. The van der Waals surface area contributed by atoms with Gasteiger partial charge in [0.1, 0.15) is 18.5 Å². The molecule has 0 saturated carbocycles. The van der Waals surface area contributed by atoms with Crippen molar-refractivity contribution >= 4 is 40.4 Å². The zero-order valence-electron chi connectivity index (χ0n) is 19.9. The summed E-state index contributed by atoms with van der Waals surface area (Å²) in [5.74, 6) is -1.59. The molecule has 1 aromatic heterocycles. The molecule has 0 spiro atoms. The third-order valence-electron chi connectivity index (χ3n) is 5.27. The summed E-state index contributed by atoms with van der Waals surface area (Å²) in [5, 5.41) is 7.26. The van der Waals surface area contributed by atoms with E-state index in [1.165, 1.54) is 28.4 Å². The number of nitrogens with zero attached hydrogens (tertiary/aromatic N) is 2. The smallest absolute Gasteiger partial charge is 0.261 e. The highest BCUT2D eigenvalue weighted by Crippen LogP contribution is 2.24. The fourth-order valence-corrected chi connectivity index (χ4v) is 4.41. The number of carbonyl (C=O) groups is 3. The molecule has 0 radical (unpaired) electrons. The minimum Gasteiger partial charge on any atom is -0.370 e. The molecule has 3 amide bonds. The number of halogens is 1. The van der Waals surface area contributed by atoms with E-state index in [4.69, 9.17) is 4.74 Å². The fraction of sp³-hybridized carbons (Fsp3) is 0.458. The van der Waals surface area contributed by atoms with Crippen molar-refractivity contribution < 1.29 is 23.5 Å². The lowest BCUT2D eigenvalue weighted by Crippen LogP contribution is -2.51. The SMILES string of the molecule is CN(CC(C)(C)C)[C@@H](CNC(=O)c1cccs1)C(=O)Nc1ccc(N2CCOCC2=O)cc1F. The largest absolute Gasteiger partial charge is 0.370 e. The molecule has 0 unspecified atom stereocenters. The molecule has 1 fully saturated rings. The van der Waals surface area contributed by atoms with Crippen LogP contribution in [0.15, 0.2) is 35.7 Å². The van der Waals surface area contributed by atoms with E-state index in [0.29, 0.717) is 30.3 Å². The Morgan fingerprint density at radius 2 is 2.06 bits per heavy atom.